The van der Waals surface area contributed by atoms with Crippen LogP contribution in [0.4, 0.5) is 5.69 Å². The van der Waals surface area contributed by atoms with Crippen LogP contribution < -0.4 is 5.32 Å². The minimum atomic E-state index is -0.203. The molecule has 26 heavy (non-hydrogen) atoms. The third-order valence-corrected chi connectivity index (χ3v) is 5.37. The Bertz CT molecular complexity index is 611. The number of nitrogens with zero attached hydrogens (tertiary/aromatic N) is 1. The molecule has 0 radical (unpaired) electrons. The average molecular weight is 359 g/mol. The molecule has 1 fully saturated rings. The summed E-state index contributed by atoms with van der Waals surface area (Å²) >= 11 is 0. The Hall–Kier alpha value is -1.84. The average Bonchev–Trinajstić information content (AvgIpc) is 2.61. The summed E-state index contributed by atoms with van der Waals surface area (Å²) in [4.78, 5) is 27.2. The van der Waals surface area contributed by atoms with E-state index in [1.54, 1.807) is 0 Å². The topological polar surface area (TPSA) is 49.4 Å². The lowest BCUT2D eigenvalue weighted by Crippen LogP contribution is -2.44. The lowest BCUT2D eigenvalue weighted by atomic mass is 9.92. The van der Waals surface area contributed by atoms with Crippen molar-refractivity contribution in [2.45, 2.75) is 84.6 Å². The normalized spacial score (nSPS) is 17.7. The molecule has 2 rings (SSSR count). The summed E-state index contributed by atoms with van der Waals surface area (Å²) in [5.74, 6) is 0.380. The van der Waals surface area contributed by atoms with E-state index in [2.05, 4.69) is 52.1 Å². The van der Waals surface area contributed by atoms with Crippen molar-refractivity contribution in [3.8, 4) is 0 Å². The maximum Gasteiger partial charge on any atom is 0.233 e. The number of piperidine rings is 1. The summed E-state index contributed by atoms with van der Waals surface area (Å²) in [6.07, 6.45) is 4.16. The third kappa shape index (κ3) is 4.87. The van der Waals surface area contributed by atoms with Crippen LogP contribution in [-0.4, -0.2) is 29.3 Å². The predicted octanol–water partition coefficient (Wildman–Crippen LogP) is 5.05. The van der Waals surface area contributed by atoms with Crippen molar-refractivity contribution in [2.24, 2.45) is 0 Å². The van der Waals surface area contributed by atoms with Crippen LogP contribution in [0, 0.1) is 0 Å². The van der Waals surface area contributed by atoms with Crippen LogP contribution in [0.15, 0.2) is 18.2 Å². The molecule has 4 heteroatoms. The van der Waals surface area contributed by atoms with E-state index in [0.29, 0.717) is 17.9 Å². The van der Waals surface area contributed by atoms with Crippen molar-refractivity contribution in [2.75, 3.05) is 11.9 Å². The van der Waals surface area contributed by atoms with Crippen LogP contribution in [0.25, 0.3) is 0 Å². The van der Waals surface area contributed by atoms with E-state index in [1.807, 2.05) is 11.0 Å². The van der Waals surface area contributed by atoms with E-state index in [-0.39, 0.29) is 18.2 Å². The van der Waals surface area contributed by atoms with Gasteiger partial charge in [0, 0.05) is 18.3 Å². The number of carbonyl (C=O) groups is 2. The number of para-hydroxylation sites is 1. The second-order valence-electron chi connectivity index (χ2n) is 7.99. The fourth-order valence-corrected chi connectivity index (χ4v) is 3.87. The van der Waals surface area contributed by atoms with Gasteiger partial charge in [-0.1, -0.05) is 52.8 Å². The molecule has 0 aliphatic carbocycles. The highest BCUT2D eigenvalue weighted by molar-refractivity contribution is 6.04. The molecule has 0 spiro atoms. The number of amides is 2. The number of hydrogen-bond acceptors (Lipinski definition) is 2. The molecule has 2 amide bonds. The smallest absolute Gasteiger partial charge is 0.233 e. The molecule has 1 heterocycles. The van der Waals surface area contributed by atoms with Gasteiger partial charge in [-0.3, -0.25) is 9.59 Å². The molecule has 1 saturated heterocycles. The Morgan fingerprint density at radius 3 is 2.27 bits per heavy atom. The van der Waals surface area contributed by atoms with E-state index in [4.69, 9.17) is 0 Å². The van der Waals surface area contributed by atoms with Gasteiger partial charge in [-0.15, -0.1) is 0 Å². The Labute approximate surface area is 158 Å². The summed E-state index contributed by atoms with van der Waals surface area (Å²) in [6, 6.07) is 6.46. The standard InChI is InChI=1S/C22H34N2O2/c1-6-17-10-7-8-13-24(17)21(26)14-20(25)23-22-18(15(2)3)11-9-12-19(22)16(4)5/h9,11-12,15-17H,6-8,10,13-14H2,1-5H3,(H,23,25). The maximum absolute atomic E-state index is 12.7. The summed E-state index contributed by atoms with van der Waals surface area (Å²) in [5, 5.41) is 3.06. The van der Waals surface area contributed by atoms with Crippen molar-refractivity contribution < 1.29 is 9.59 Å². The number of carbonyl (C=O) groups excluding carboxylic acids is 2. The molecular weight excluding hydrogens is 324 g/mol. The van der Waals surface area contributed by atoms with E-state index < -0.39 is 0 Å². The summed E-state index contributed by atoms with van der Waals surface area (Å²) in [5.41, 5.74) is 3.14. The predicted molar refractivity (Wildman–Crippen MR) is 108 cm³/mol. The minimum Gasteiger partial charge on any atom is -0.339 e. The molecule has 0 saturated carbocycles. The number of likely N-dealkylation sites (tertiary alicyclic amines) is 1. The second kappa shape index (κ2) is 9.20. The van der Waals surface area contributed by atoms with Crippen molar-refractivity contribution in [3.05, 3.63) is 29.3 Å². The first kappa shape index (κ1) is 20.5. The summed E-state index contributed by atoms with van der Waals surface area (Å²) in [7, 11) is 0. The number of benzene rings is 1. The lowest BCUT2D eigenvalue weighted by Gasteiger charge is -2.35. The van der Waals surface area contributed by atoms with Gasteiger partial charge < -0.3 is 10.2 Å². The van der Waals surface area contributed by atoms with E-state index in [9.17, 15) is 9.59 Å². The Morgan fingerprint density at radius 1 is 1.12 bits per heavy atom. The van der Waals surface area contributed by atoms with Gasteiger partial charge in [0.1, 0.15) is 6.42 Å². The highest BCUT2D eigenvalue weighted by Gasteiger charge is 2.27. The fraction of sp³-hybridized carbons (Fsp3) is 0.636. The molecule has 1 aliphatic heterocycles. The van der Waals surface area contributed by atoms with Gasteiger partial charge in [0.15, 0.2) is 0 Å². The van der Waals surface area contributed by atoms with Crippen molar-refractivity contribution >= 4 is 17.5 Å². The highest BCUT2D eigenvalue weighted by Crippen LogP contribution is 2.32. The molecule has 1 aromatic rings. The summed E-state index contributed by atoms with van der Waals surface area (Å²) in [6.45, 7) is 11.4. The zero-order chi connectivity index (χ0) is 19.3. The Balaban J connectivity index is 2.13. The van der Waals surface area contributed by atoms with Crippen LogP contribution in [-0.2, 0) is 9.59 Å². The molecule has 4 nitrogen and oxygen atoms in total. The lowest BCUT2D eigenvalue weighted by molar-refractivity contribution is -0.137. The molecule has 1 aliphatic rings. The van der Waals surface area contributed by atoms with Gasteiger partial charge in [-0.2, -0.15) is 0 Å². The molecule has 1 unspecified atom stereocenters. The first-order chi connectivity index (χ1) is 12.3. The van der Waals surface area contributed by atoms with Gasteiger partial charge in [0.2, 0.25) is 11.8 Å². The number of hydrogen-bond donors (Lipinski definition) is 1. The maximum atomic E-state index is 12.7. The van der Waals surface area contributed by atoms with Gasteiger partial charge in [-0.25, -0.2) is 0 Å². The van der Waals surface area contributed by atoms with E-state index in [1.165, 1.54) is 6.42 Å². The van der Waals surface area contributed by atoms with Gasteiger partial charge in [0.05, 0.1) is 0 Å². The van der Waals surface area contributed by atoms with E-state index >= 15 is 0 Å². The van der Waals surface area contributed by atoms with Crippen LogP contribution in [0.1, 0.15) is 89.7 Å². The Morgan fingerprint density at radius 2 is 1.73 bits per heavy atom. The first-order valence-electron chi connectivity index (χ1n) is 10.1. The second-order valence-corrected chi connectivity index (χ2v) is 7.99. The number of nitrogens with one attached hydrogen (secondary N) is 1. The van der Waals surface area contributed by atoms with Crippen molar-refractivity contribution in [3.63, 3.8) is 0 Å². The molecular formula is C22H34N2O2. The fourth-order valence-electron chi connectivity index (χ4n) is 3.87. The van der Waals surface area contributed by atoms with E-state index in [0.717, 1.165) is 42.6 Å². The van der Waals surface area contributed by atoms with Crippen LogP contribution in [0.3, 0.4) is 0 Å². The monoisotopic (exact) mass is 358 g/mol. The molecule has 1 aromatic carbocycles. The quantitative estimate of drug-likeness (QED) is 0.723. The SMILES string of the molecule is CCC1CCCCN1C(=O)CC(=O)Nc1c(C(C)C)cccc1C(C)C. The molecule has 1 atom stereocenters. The Kier molecular flexibility index (Phi) is 7.24. The van der Waals surface area contributed by atoms with Crippen molar-refractivity contribution in [1.29, 1.82) is 0 Å². The van der Waals surface area contributed by atoms with Gasteiger partial charge in [-0.05, 0) is 48.6 Å². The van der Waals surface area contributed by atoms with Gasteiger partial charge in [0.25, 0.3) is 0 Å². The van der Waals surface area contributed by atoms with Crippen LogP contribution in [0.5, 0.6) is 0 Å². The number of anilines is 1. The van der Waals surface area contributed by atoms with Crippen LogP contribution >= 0.6 is 0 Å². The molecule has 1 N–H and O–H groups in total. The first-order valence-corrected chi connectivity index (χ1v) is 10.1. The zero-order valence-corrected chi connectivity index (χ0v) is 17.0. The van der Waals surface area contributed by atoms with Crippen LogP contribution in [0.2, 0.25) is 0 Å². The highest BCUT2D eigenvalue weighted by atomic mass is 16.2. The number of rotatable bonds is 6. The van der Waals surface area contributed by atoms with Gasteiger partial charge >= 0.3 is 0 Å². The minimum absolute atomic E-state index is 0.0397. The molecule has 0 bridgehead atoms. The molecule has 144 valence electrons. The van der Waals surface area contributed by atoms with Crippen molar-refractivity contribution in [1.82, 2.24) is 4.90 Å². The third-order valence-electron chi connectivity index (χ3n) is 5.37. The summed E-state index contributed by atoms with van der Waals surface area (Å²) < 4.78 is 0. The molecule has 0 aromatic heterocycles. The zero-order valence-electron chi connectivity index (χ0n) is 17.0. The largest absolute Gasteiger partial charge is 0.339 e.